The molecule has 0 aliphatic carbocycles. The zero-order valence-electron chi connectivity index (χ0n) is 12.6. The Morgan fingerprint density at radius 2 is 2.36 bits per heavy atom. The molecule has 3 rings (SSSR count). The number of nitrogens with zero attached hydrogens (tertiary/aromatic N) is 5. The molecule has 3 heterocycles. The predicted octanol–water partition coefficient (Wildman–Crippen LogP) is 0.901. The molecule has 118 valence electrons. The highest BCUT2D eigenvalue weighted by atomic mass is 16.5. The predicted molar refractivity (Wildman–Crippen MR) is 77.9 cm³/mol. The van der Waals surface area contributed by atoms with Crippen LogP contribution in [-0.2, 0) is 6.54 Å². The summed E-state index contributed by atoms with van der Waals surface area (Å²) >= 11 is 0. The summed E-state index contributed by atoms with van der Waals surface area (Å²) < 4.78 is 6.74. The van der Waals surface area contributed by atoms with Crippen LogP contribution in [0.5, 0.6) is 0 Å². The Labute approximate surface area is 128 Å². The maximum Gasteiger partial charge on any atom is 0.276 e. The first kappa shape index (κ1) is 14.7. The number of aryl methyl sites for hydroxylation is 1. The van der Waals surface area contributed by atoms with Crippen molar-refractivity contribution in [1.29, 1.82) is 0 Å². The molecule has 1 amide bonds. The van der Waals surface area contributed by atoms with Gasteiger partial charge >= 0.3 is 0 Å². The highest BCUT2D eigenvalue weighted by Crippen LogP contribution is 2.31. The molecule has 0 saturated carbocycles. The number of amides is 1. The van der Waals surface area contributed by atoms with Gasteiger partial charge in [0.2, 0.25) is 0 Å². The quantitative estimate of drug-likeness (QED) is 0.900. The highest BCUT2D eigenvalue weighted by molar-refractivity contribution is 5.92. The van der Waals surface area contributed by atoms with Gasteiger partial charge in [-0.25, -0.2) is 0 Å². The largest absolute Gasteiger partial charge is 0.361 e. The Hall–Kier alpha value is -2.22. The van der Waals surface area contributed by atoms with Crippen LogP contribution in [0.15, 0.2) is 16.8 Å². The molecule has 0 radical (unpaired) electrons. The van der Waals surface area contributed by atoms with E-state index in [1.807, 2.05) is 17.9 Å². The van der Waals surface area contributed by atoms with Crippen LogP contribution in [0.4, 0.5) is 0 Å². The number of likely N-dealkylation sites (tertiary alicyclic amines) is 1. The zero-order valence-corrected chi connectivity index (χ0v) is 12.6. The smallest absolute Gasteiger partial charge is 0.276 e. The highest BCUT2D eigenvalue weighted by Gasteiger charge is 2.32. The Morgan fingerprint density at radius 3 is 3.09 bits per heavy atom. The number of piperidine rings is 1. The Bertz CT molecular complexity index is 649. The topological polar surface area (TPSA) is 103 Å². The average Bonchev–Trinajstić information content (AvgIpc) is 3.16. The Morgan fingerprint density at radius 1 is 1.50 bits per heavy atom. The molecule has 1 aliphatic rings. The van der Waals surface area contributed by atoms with E-state index in [9.17, 15) is 4.79 Å². The van der Waals surface area contributed by atoms with Crippen molar-refractivity contribution in [2.45, 2.75) is 38.8 Å². The Kier molecular flexibility index (Phi) is 4.19. The van der Waals surface area contributed by atoms with Gasteiger partial charge in [-0.3, -0.25) is 9.48 Å². The summed E-state index contributed by atoms with van der Waals surface area (Å²) in [4.78, 5) is 14.5. The summed E-state index contributed by atoms with van der Waals surface area (Å²) in [6.45, 7) is 3.55. The van der Waals surface area contributed by atoms with E-state index in [0.717, 1.165) is 30.7 Å². The van der Waals surface area contributed by atoms with Crippen LogP contribution in [0.1, 0.15) is 47.2 Å². The third-order valence-corrected chi connectivity index (χ3v) is 3.87. The summed E-state index contributed by atoms with van der Waals surface area (Å²) in [5.74, 6) is 0.635. The summed E-state index contributed by atoms with van der Waals surface area (Å²) in [5.41, 5.74) is 6.64. The first-order chi connectivity index (χ1) is 10.7. The fourth-order valence-corrected chi connectivity index (χ4v) is 2.81. The lowest BCUT2D eigenvalue weighted by molar-refractivity contribution is 0.0595. The van der Waals surface area contributed by atoms with Gasteiger partial charge in [0.05, 0.1) is 18.8 Å². The molecule has 2 aromatic heterocycles. The van der Waals surface area contributed by atoms with E-state index in [-0.39, 0.29) is 11.9 Å². The molecule has 8 heteroatoms. The van der Waals surface area contributed by atoms with E-state index < -0.39 is 0 Å². The molecule has 0 spiro atoms. The fourth-order valence-electron chi connectivity index (χ4n) is 2.81. The minimum Gasteiger partial charge on any atom is -0.361 e. The summed E-state index contributed by atoms with van der Waals surface area (Å²) in [6, 6.07) is 1.83. The first-order valence-electron chi connectivity index (χ1n) is 7.53. The maximum absolute atomic E-state index is 12.7. The van der Waals surface area contributed by atoms with Crippen LogP contribution in [0, 0.1) is 6.92 Å². The van der Waals surface area contributed by atoms with E-state index in [1.54, 1.807) is 10.9 Å². The van der Waals surface area contributed by atoms with Gasteiger partial charge in [-0.2, -0.15) is 0 Å². The average molecular weight is 304 g/mol. The first-order valence-corrected chi connectivity index (χ1v) is 7.53. The van der Waals surface area contributed by atoms with Gasteiger partial charge in [0.25, 0.3) is 5.91 Å². The van der Waals surface area contributed by atoms with Crippen LogP contribution >= 0.6 is 0 Å². The molecular weight excluding hydrogens is 284 g/mol. The summed E-state index contributed by atoms with van der Waals surface area (Å²) in [7, 11) is 0. The molecule has 0 bridgehead atoms. The monoisotopic (exact) mass is 304 g/mol. The van der Waals surface area contributed by atoms with Crippen LogP contribution in [0.2, 0.25) is 0 Å². The van der Waals surface area contributed by atoms with Crippen molar-refractivity contribution in [3.63, 3.8) is 0 Å². The van der Waals surface area contributed by atoms with Gasteiger partial charge < -0.3 is 15.2 Å². The number of nitrogens with two attached hydrogens (primary N) is 1. The van der Waals surface area contributed by atoms with Gasteiger partial charge in [0.15, 0.2) is 5.69 Å². The van der Waals surface area contributed by atoms with Crippen molar-refractivity contribution < 1.29 is 9.32 Å². The second-order valence-electron chi connectivity index (χ2n) is 5.53. The van der Waals surface area contributed by atoms with Crippen molar-refractivity contribution in [2.75, 3.05) is 13.1 Å². The standard InChI is InChI=1S/C14H20N6O2/c1-10-8-11(17-22-10)13-4-2-3-6-20(13)14(21)12-9-19(7-5-15)18-16-12/h8-9,13H,2-7,15H2,1H3/t13-/m1/s1. The summed E-state index contributed by atoms with van der Waals surface area (Å²) in [5, 5.41) is 12.0. The number of carbonyl (C=O) groups excluding carboxylic acids is 1. The van der Waals surface area contributed by atoms with E-state index in [4.69, 9.17) is 10.3 Å². The van der Waals surface area contributed by atoms with Crippen molar-refractivity contribution in [2.24, 2.45) is 5.73 Å². The molecule has 1 aliphatic heterocycles. The van der Waals surface area contributed by atoms with Crippen molar-refractivity contribution in [1.82, 2.24) is 25.1 Å². The number of hydrogen-bond acceptors (Lipinski definition) is 6. The minimum atomic E-state index is -0.117. The van der Waals surface area contributed by atoms with Gasteiger partial charge in [0, 0.05) is 19.2 Å². The number of carbonyl (C=O) groups is 1. The molecule has 2 aromatic rings. The van der Waals surface area contributed by atoms with Crippen molar-refractivity contribution in [3.8, 4) is 0 Å². The Balaban J connectivity index is 1.81. The molecule has 0 aromatic carbocycles. The fraction of sp³-hybridized carbons (Fsp3) is 0.571. The maximum atomic E-state index is 12.7. The van der Waals surface area contributed by atoms with Crippen LogP contribution in [-0.4, -0.2) is 44.0 Å². The van der Waals surface area contributed by atoms with Crippen molar-refractivity contribution >= 4 is 5.91 Å². The third-order valence-electron chi connectivity index (χ3n) is 3.87. The van der Waals surface area contributed by atoms with Crippen LogP contribution in [0.3, 0.4) is 0 Å². The molecule has 0 unspecified atom stereocenters. The van der Waals surface area contributed by atoms with Crippen LogP contribution < -0.4 is 5.73 Å². The van der Waals surface area contributed by atoms with Gasteiger partial charge in [-0.1, -0.05) is 10.4 Å². The van der Waals surface area contributed by atoms with E-state index in [1.165, 1.54) is 0 Å². The minimum absolute atomic E-state index is 0.0571. The molecular formula is C14H20N6O2. The van der Waals surface area contributed by atoms with Crippen LogP contribution in [0.25, 0.3) is 0 Å². The third kappa shape index (κ3) is 2.87. The van der Waals surface area contributed by atoms with Gasteiger partial charge in [-0.15, -0.1) is 5.10 Å². The lowest BCUT2D eigenvalue weighted by Gasteiger charge is -2.33. The molecule has 22 heavy (non-hydrogen) atoms. The van der Waals surface area contributed by atoms with Crippen molar-refractivity contribution in [3.05, 3.63) is 29.4 Å². The lowest BCUT2D eigenvalue weighted by atomic mass is 9.99. The molecule has 8 nitrogen and oxygen atoms in total. The number of aromatic nitrogens is 4. The normalized spacial score (nSPS) is 18.6. The van der Waals surface area contributed by atoms with E-state index in [2.05, 4.69) is 15.5 Å². The lowest BCUT2D eigenvalue weighted by Crippen LogP contribution is -2.38. The number of hydrogen-bond donors (Lipinski definition) is 1. The molecule has 1 atom stereocenters. The van der Waals surface area contributed by atoms with Gasteiger partial charge in [0.1, 0.15) is 11.5 Å². The SMILES string of the molecule is Cc1cc([C@H]2CCCCN2C(=O)c2cn(CCN)nn2)no1. The van der Waals surface area contributed by atoms with E-state index >= 15 is 0 Å². The van der Waals surface area contributed by atoms with Gasteiger partial charge in [-0.05, 0) is 26.2 Å². The molecule has 1 fully saturated rings. The molecule has 1 saturated heterocycles. The number of rotatable bonds is 4. The van der Waals surface area contributed by atoms with E-state index in [0.29, 0.717) is 25.3 Å². The zero-order chi connectivity index (χ0) is 15.5. The second kappa shape index (κ2) is 6.27. The molecule has 2 N–H and O–H groups in total. The second-order valence-corrected chi connectivity index (χ2v) is 5.53. The summed E-state index contributed by atoms with van der Waals surface area (Å²) in [6.07, 6.45) is 4.58.